The molecule has 4 amide bonds. The number of aromatic nitrogens is 2. The van der Waals surface area contributed by atoms with Gasteiger partial charge >= 0.3 is 6.03 Å². The molecule has 10 nitrogen and oxygen atoms in total. The van der Waals surface area contributed by atoms with Gasteiger partial charge in [-0.3, -0.25) is 14.6 Å². The molecule has 10 heteroatoms. The van der Waals surface area contributed by atoms with E-state index in [1.165, 1.54) is 11.0 Å². The summed E-state index contributed by atoms with van der Waals surface area (Å²) in [7, 11) is 0. The molecule has 2 aliphatic rings. The van der Waals surface area contributed by atoms with Gasteiger partial charge in [-0.25, -0.2) is 14.7 Å². The molecule has 1 aliphatic carbocycles. The summed E-state index contributed by atoms with van der Waals surface area (Å²) in [6.45, 7) is 6.98. The number of fused-ring (bicyclic) bond motifs is 1. The van der Waals surface area contributed by atoms with E-state index in [0.717, 1.165) is 12.8 Å². The Morgan fingerprint density at radius 3 is 2.50 bits per heavy atom. The van der Waals surface area contributed by atoms with E-state index in [2.05, 4.69) is 32.5 Å². The van der Waals surface area contributed by atoms with Gasteiger partial charge in [-0.05, 0) is 69.5 Å². The summed E-state index contributed by atoms with van der Waals surface area (Å²) in [5.41, 5.74) is 2.63. The molecule has 1 aromatic carbocycles. The SMILES string of the molecule is C=CC(=O)N[C@H]1CC[C@@H](NC(=O)/C(C)=C2\NC(=O)N(c3ccc(Oc4ccccc4)cn3)c3ccnc(C)c32)C1. The number of nitrogens with zero attached hydrogens (tertiary/aromatic N) is 3. The van der Waals surface area contributed by atoms with Crippen LogP contribution >= 0.6 is 0 Å². The van der Waals surface area contributed by atoms with Gasteiger partial charge < -0.3 is 20.7 Å². The number of carbonyl (C=O) groups excluding carboxylic acids is 3. The van der Waals surface area contributed by atoms with Gasteiger partial charge in [-0.15, -0.1) is 0 Å². The minimum Gasteiger partial charge on any atom is -0.456 e. The minimum absolute atomic E-state index is 0.0177. The molecule has 0 unspecified atom stereocenters. The van der Waals surface area contributed by atoms with Crippen molar-refractivity contribution >= 4 is 35.0 Å². The van der Waals surface area contributed by atoms with Gasteiger partial charge in [0, 0.05) is 35.1 Å². The van der Waals surface area contributed by atoms with E-state index < -0.39 is 6.03 Å². The van der Waals surface area contributed by atoms with Crippen molar-refractivity contribution in [1.82, 2.24) is 25.9 Å². The quantitative estimate of drug-likeness (QED) is 0.380. The van der Waals surface area contributed by atoms with Crippen LogP contribution in [0.1, 0.15) is 37.4 Å². The molecule has 1 fully saturated rings. The predicted octanol–water partition coefficient (Wildman–Crippen LogP) is 4.51. The molecule has 0 spiro atoms. The van der Waals surface area contributed by atoms with E-state index in [9.17, 15) is 14.4 Å². The van der Waals surface area contributed by atoms with Crippen LogP contribution in [0.3, 0.4) is 0 Å². The van der Waals surface area contributed by atoms with Gasteiger partial charge in [-0.1, -0.05) is 24.8 Å². The molecular formula is C30H30N6O4. The van der Waals surface area contributed by atoms with Gasteiger partial charge in [0.2, 0.25) is 11.8 Å². The maximum Gasteiger partial charge on any atom is 0.332 e. The van der Waals surface area contributed by atoms with Crippen molar-refractivity contribution in [3.63, 3.8) is 0 Å². The zero-order valence-corrected chi connectivity index (χ0v) is 22.3. The van der Waals surface area contributed by atoms with Crippen LogP contribution < -0.4 is 25.6 Å². The lowest BCUT2D eigenvalue weighted by molar-refractivity contribution is -0.118. The zero-order valence-electron chi connectivity index (χ0n) is 22.3. The molecule has 3 N–H and O–H groups in total. The largest absolute Gasteiger partial charge is 0.456 e. The number of amides is 4. The summed E-state index contributed by atoms with van der Waals surface area (Å²) in [6, 6.07) is 14.0. The highest BCUT2D eigenvalue weighted by atomic mass is 16.5. The minimum atomic E-state index is -0.447. The van der Waals surface area contributed by atoms with Gasteiger partial charge in [-0.2, -0.15) is 0 Å². The van der Waals surface area contributed by atoms with Crippen LogP contribution in [0.5, 0.6) is 11.5 Å². The standard InChI is InChI=1S/C30H30N6O4/c1-4-26(37)33-20-10-11-21(16-20)34-29(38)18(2)28-27-19(3)31-15-14-24(27)36(30(39)35-28)25-13-12-23(17-32-25)40-22-8-6-5-7-9-22/h4-9,12-15,17,20-21H,1,10-11,16H2,2-3H3,(H,33,37)(H,34,38)(H,35,39)/b28-18-/t20-,21+/m0/s1. The van der Waals surface area contributed by atoms with Crippen LogP contribution in [-0.2, 0) is 9.59 Å². The molecule has 0 saturated heterocycles. The number of benzene rings is 1. The average Bonchev–Trinajstić information content (AvgIpc) is 3.39. The van der Waals surface area contributed by atoms with Crippen LogP contribution in [0, 0.1) is 6.92 Å². The second-order valence-corrected chi connectivity index (χ2v) is 9.72. The average molecular weight is 539 g/mol. The first-order chi connectivity index (χ1) is 19.3. The predicted molar refractivity (Wildman–Crippen MR) is 151 cm³/mol. The van der Waals surface area contributed by atoms with E-state index >= 15 is 0 Å². The Labute approximate surface area is 232 Å². The van der Waals surface area contributed by atoms with Crippen molar-refractivity contribution in [1.29, 1.82) is 0 Å². The Kier molecular flexibility index (Phi) is 7.59. The van der Waals surface area contributed by atoms with Crippen molar-refractivity contribution in [3.05, 3.63) is 90.4 Å². The van der Waals surface area contributed by atoms with Crippen LogP contribution in [0.25, 0.3) is 5.70 Å². The number of aryl methyl sites for hydroxylation is 1. The molecule has 5 rings (SSSR count). The normalized spacial score (nSPS) is 19.2. The number of pyridine rings is 2. The van der Waals surface area contributed by atoms with E-state index in [1.54, 1.807) is 37.5 Å². The fraction of sp³-hybridized carbons (Fsp3) is 0.233. The molecule has 1 aliphatic heterocycles. The Balaban J connectivity index is 1.38. The second kappa shape index (κ2) is 11.4. The van der Waals surface area contributed by atoms with E-state index in [4.69, 9.17) is 4.74 Å². The fourth-order valence-electron chi connectivity index (χ4n) is 4.99. The third kappa shape index (κ3) is 5.56. The van der Waals surface area contributed by atoms with Gasteiger partial charge in [0.1, 0.15) is 17.3 Å². The topological polar surface area (TPSA) is 126 Å². The number of para-hydroxylation sites is 1. The van der Waals surface area contributed by atoms with Crippen LogP contribution in [0.4, 0.5) is 16.3 Å². The highest BCUT2D eigenvalue weighted by Crippen LogP contribution is 2.38. The first kappa shape index (κ1) is 26.6. The molecule has 0 radical (unpaired) electrons. The monoisotopic (exact) mass is 538 g/mol. The summed E-state index contributed by atoms with van der Waals surface area (Å²) >= 11 is 0. The first-order valence-electron chi connectivity index (χ1n) is 13.0. The van der Waals surface area contributed by atoms with Crippen molar-refractivity contribution in [2.75, 3.05) is 4.90 Å². The number of rotatable bonds is 7. The highest BCUT2D eigenvalue weighted by molar-refractivity contribution is 6.13. The summed E-state index contributed by atoms with van der Waals surface area (Å²) in [4.78, 5) is 48.6. The lowest BCUT2D eigenvalue weighted by Crippen LogP contribution is -2.43. The Morgan fingerprint density at radius 1 is 1.05 bits per heavy atom. The number of carbonyl (C=O) groups is 3. The fourth-order valence-corrected chi connectivity index (χ4v) is 4.99. The van der Waals surface area contributed by atoms with Gasteiger partial charge in [0.25, 0.3) is 0 Å². The molecule has 2 atom stereocenters. The Hall–Kier alpha value is -4.99. The van der Waals surface area contributed by atoms with Crippen molar-refractivity contribution < 1.29 is 19.1 Å². The van der Waals surface area contributed by atoms with E-state index in [0.29, 0.717) is 52.0 Å². The third-order valence-corrected chi connectivity index (χ3v) is 6.99. The third-order valence-electron chi connectivity index (χ3n) is 6.99. The Bertz CT molecular complexity index is 1490. The number of hydrogen-bond acceptors (Lipinski definition) is 6. The zero-order chi connectivity index (χ0) is 28.2. The smallest absolute Gasteiger partial charge is 0.332 e. The molecule has 40 heavy (non-hydrogen) atoms. The highest BCUT2D eigenvalue weighted by Gasteiger charge is 2.34. The lowest BCUT2D eigenvalue weighted by Gasteiger charge is -2.32. The number of hydrogen-bond donors (Lipinski definition) is 3. The molecular weight excluding hydrogens is 508 g/mol. The molecule has 3 aromatic rings. The van der Waals surface area contributed by atoms with E-state index in [-0.39, 0.29) is 23.9 Å². The Morgan fingerprint density at radius 2 is 1.80 bits per heavy atom. The lowest BCUT2D eigenvalue weighted by atomic mass is 10.0. The van der Waals surface area contributed by atoms with Crippen molar-refractivity contribution in [2.45, 2.75) is 45.2 Å². The van der Waals surface area contributed by atoms with Crippen LogP contribution in [0.2, 0.25) is 0 Å². The molecule has 2 aromatic heterocycles. The number of anilines is 2. The summed E-state index contributed by atoms with van der Waals surface area (Å²) < 4.78 is 5.83. The van der Waals surface area contributed by atoms with Crippen molar-refractivity contribution in [2.24, 2.45) is 0 Å². The first-order valence-corrected chi connectivity index (χ1v) is 13.0. The number of nitrogens with one attached hydrogen (secondary N) is 3. The van der Waals surface area contributed by atoms with Crippen molar-refractivity contribution in [3.8, 4) is 11.5 Å². The number of ether oxygens (including phenoxy) is 1. The summed E-state index contributed by atoms with van der Waals surface area (Å²) in [5.74, 6) is 1.09. The van der Waals surface area contributed by atoms with Gasteiger partial charge in [0.15, 0.2) is 0 Å². The van der Waals surface area contributed by atoms with Crippen LogP contribution in [0.15, 0.2) is 79.2 Å². The van der Waals surface area contributed by atoms with Crippen LogP contribution in [-0.4, -0.2) is 39.9 Å². The maximum absolute atomic E-state index is 13.4. The number of urea groups is 1. The summed E-state index contributed by atoms with van der Waals surface area (Å²) in [5, 5.41) is 8.82. The van der Waals surface area contributed by atoms with E-state index in [1.807, 2.05) is 37.3 Å². The molecule has 204 valence electrons. The molecule has 0 bridgehead atoms. The molecule has 3 heterocycles. The molecule has 1 saturated carbocycles. The summed E-state index contributed by atoms with van der Waals surface area (Å²) in [6.07, 6.45) is 6.55. The maximum atomic E-state index is 13.4. The van der Waals surface area contributed by atoms with Gasteiger partial charge in [0.05, 0.1) is 17.6 Å². The second-order valence-electron chi connectivity index (χ2n) is 9.72.